The highest BCUT2D eigenvalue weighted by Crippen LogP contribution is 2.24. The molecule has 0 aliphatic carbocycles. The maximum Gasteiger partial charge on any atom is 0.273 e. The van der Waals surface area contributed by atoms with E-state index < -0.39 is 0 Å². The summed E-state index contributed by atoms with van der Waals surface area (Å²) in [4.78, 5) is 25.5. The van der Waals surface area contributed by atoms with Crippen molar-refractivity contribution in [1.29, 1.82) is 0 Å². The summed E-state index contributed by atoms with van der Waals surface area (Å²) >= 11 is 4.92. The normalized spacial score (nSPS) is 11.2. The standard InChI is InChI=1S/C26H24BrN7OS/c1-16-13-17(2)31-26(30-16)36-15-23-24(32-33-34(23)20-9-7-19(27)8-10-20)25(35)28-12-11-18-14-29-22-6-4-3-5-21(18)22/h3-10,13-14,29H,11-12,15H2,1-2H3,(H,28,35). The number of aryl methyl sites for hydroxylation is 2. The summed E-state index contributed by atoms with van der Waals surface area (Å²) in [7, 11) is 0. The zero-order valence-corrected chi connectivity index (χ0v) is 22.2. The first-order valence-corrected chi connectivity index (χ1v) is 13.2. The summed E-state index contributed by atoms with van der Waals surface area (Å²) in [6.45, 7) is 4.37. The van der Waals surface area contributed by atoms with Gasteiger partial charge in [-0.25, -0.2) is 14.6 Å². The zero-order valence-electron chi connectivity index (χ0n) is 19.8. The van der Waals surface area contributed by atoms with Gasteiger partial charge in [0.2, 0.25) is 0 Å². The minimum absolute atomic E-state index is 0.254. The fourth-order valence-corrected chi connectivity index (χ4v) is 5.23. The first-order chi connectivity index (χ1) is 17.5. The number of fused-ring (bicyclic) bond motifs is 1. The van der Waals surface area contributed by atoms with Crippen LogP contribution in [0.4, 0.5) is 0 Å². The van der Waals surface area contributed by atoms with Crippen LogP contribution in [0, 0.1) is 13.8 Å². The quantitative estimate of drug-likeness (QED) is 0.200. The third kappa shape index (κ3) is 5.34. The molecule has 0 aliphatic rings. The maximum absolute atomic E-state index is 13.2. The largest absolute Gasteiger partial charge is 0.361 e. The molecule has 0 atom stereocenters. The lowest BCUT2D eigenvalue weighted by Gasteiger charge is -2.09. The van der Waals surface area contributed by atoms with Crippen molar-refractivity contribution in [2.24, 2.45) is 0 Å². The Morgan fingerprint density at radius 1 is 1.08 bits per heavy atom. The summed E-state index contributed by atoms with van der Waals surface area (Å²) in [6.07, 6.45) is 2.70. The Bertz CT molecular complexity index is 1510. The Hall–Kier alpha value is -3.50. The number of aromatic amines is 1. The third-order valence-corrected chi connectivity index (χ3v) is 7.09. The van der Waals surface area contributed by atoms with E-state index in [9.17, 15) is 4.79 Å². The number of thioether (sulfide) groups is 1. The number of benzene rings is 2. The van der Waals surface area contributed by atoms with Gasteiger partial charge in [-0.15, -0.1) is 5.10 Å². The van der Waals surface area contributed by atoms with E-state index in [0.717, 1.165) is 32.6 Å². The predicted octanol–water partition coefficient (Wildman–Crippen LogP) is 5.18. The molecule has 0 saturated carbocycles. The molecule has 8 nitrogen and oxygen atoms in total. The van der Waals surface area contributed by atoms with Gasteiger partial charge in [0, 0.05) is 45.3 Å². The number of nitrogens with one attached hydrogen (secondary N) is 2. The minimum atomic E-state index is -0.254. The van der Waals surface area contributed by atoms with E-state index >= 15 is 0 Å². The van der Waals surface area contributed by atoms with Gasteiger partial charge in [0.25, 0.3) is 5.91 Å². The summed E-state index contributed by atoms with van der Waals surface area (Å²) in [5.41, 5.74) is 5.86. The van der Waals surface area contributed by atoms with Gasteiger partial charge in [-0.1, -0.05) is 51.1 Å². The molecule has 1 amide bonds. The summed E-state index contributed by atoms with van der Waals surface area (Å²) in [5, 5.41) is 13.4. The first kappa shape index (κ1) is 24.2. The number of hydrogen-bond acceptors (Lipinski definition) is 6. The van der Waals surface area contributed by atoms with Crippen LogP contribution < -0.4 is 5.32 Å². The Morgan fingerprint density at radius 2 is 1.83 bits per heavy atom. The molecule has 36 heavy (non-hydrogen) atoms. The number of aromatic nitrogens is 6. The van der Waals surface area contributed by atoms with Crippen molar-refractivity contribution in [3.8, 4) is 5.69 Å². The lowest BCUT2D eigenvalue weighted by atomic mass is 10.1. The molecule has 0 saturated heterocycles. The van der Waals surface area contributed by atoms with Crippen molar-refractivity contribution in [1.82, 2.24) is 35.3 Å². The van der Waals surface area contributed by atoms with Gasteiger partial charge in [0.05, 0.1) is 11.4 Å². The Balaban J connectivity index is 1.36. The highest BCUT2D eigenvalue weighted by atomic mass is 79.9. The average molecular weight is 562 g/mol. The van der Waals surface area contributed by atoms with E-state index in [-0.39, 0.29) is 5.91 Å². The Labute approximate surface area is 221 Å². The van der Waals surface area contributed by atoms with Crippen LogP contribution in [0.5, 0.6) is 0 Å². The highest BCUT2D eigenvalue weighted by molar-refractivity contribution is 9.10. The SMILES string of the molecule is Cc1cc(C)nc(SCc2c(C(=O)NCCc3c[nH]c4ccccc34)nnn2-c2ccc(Br)cc2)n1. The van der Waals surface area contributed by atoms with E-state index in [2.05, 4.69) is 52.6 Å². The number of rotatable bonds is 8. The number of halogens is 1. The van der Waals surface area contributed by atoms with Gasteiger partial charge in [-0.05, 0) is 62.2 Å². The second kappa shape index (κ2) is 10.6. The number of carbonyl (C=O) groups is 1. The van der Waals surface area contributed by atoms with Crippen molar-refractivity contribution in [3.63, 3.8) is 0 Å². The molecule has 3 aromatic heterocycles. The van der Waals surface area contributed by atoms with E-state index in [1.807, 2.05) is 68.6 Å². The lowest BCUT2D eigenvalue weighted by molar-refractivity contribution is 0.0948. The van der Waals surface area contributed by atoms with Crippen molar-refractivity contribution in [3.05, 3.63) is 93.6 Å². The predicted molar refractivity (Wildman–Crippen MR) is 144 cm³/mol. The van der Waals surface area contributed by atoms with E-state index in [4.69, 9.17) is 0 Å². The molecule has 3 heterocycles. The van der Waals surface area contributed by atoms with Crippen LogP contribution >= 0.6 is 27.7 Å². The van der Waals surface area contributed by atoms with Crippen LogP contribution in [0.15, 0.2) is 70.4 Å². The summed E-state index contributed by atoms with van der Waals surface area (Å²) in [5.74, 6) is 0.187. The molecule has 0 fully saturated rings. The molecule has 0 spiro atoms. The Morgan fingerprint density at radius 3 is 2.61 bits per heavy atom. The molecule has 2 aromatic carbocycles. The van der Waals surface area contributed by atoms with Gasteiger partial charge < -0.3 is 10.3 Å². The van der Waals surface area contributed by atoms with Crippen LogP contribution in [0.2, 0.25) is 0 Å². The Kier molecular flexibility index (Phi) is 7.15. The number of H-pyrrole nitrogens is 1. The van der Waals surface area contributed by atoms with Crippen LogP contribution in [0.3, 0.4) is 0 Å². The molecule has 182 valence electrons. The number of carbonyl (C=O) groups excluding carboxylic acids is 1. The molecule has 0 bridgehead atoms. The van der Waals surface area contributed by atoms with Crippen LogP contribution in [0.1, 0.15) is 33.1 Å². The molecule has 10 heteroatoms. The molecule has 0 aliphatic heterocycles. The zero-order chi connectivity index (χ0) is 25.1. The molecule has 2 N–H and O–H groups in total. The second-order valence-electron chi connectivity index (χ2n) is 8.36. The second-order valence-corrected chi connectivity index (χ2v) is 10.2. The number of nitrogens with zero attached hydrogens (tertiary/aromatic N) is 5. The van der Waals surface area contributed by atoms with Crippen molar-refractivity contribution >= 4 is 44.5 Å². The van der Waals surface area contributed by atoms with Gasteiger partial charge in [0.15, 0.2) is 10.9 Å². The topological polar surface area (TPSA) is 101 Å². The number of para-hydroxylation sites is 1. The number of hydrogen-bond donors (Lipinski definition) is 2. The van der Waals surface area contributed by atoms with Gasteiger partial charge in [-0.3, -0.25) is 4.79 Å². The highest BCUT2D eigenvalue weighted by Gasteiger charge is 2.21. The van der Waals surface area contributed by atoms with Gasteiger partial charge >= 0.3 is 0 Å². The van der Waals surface area contributed by atoms with Crippen molar-refractivity contribution in [2.75, 3.05) is 6.54 Å². The smallest absolute Gasteiger partial charge is 0.273 e. The average Bonchev–Trinajstić information content (AvgIpc) is 3.47. The van der Waals surface area contributed by atoms with Crippen molar-refractivity contribution in [2.45, 2.75) is 31.2 Å². The van der Waals surface area contributed by atoms with Gasteiger partial charge in [-0.2, -0.15) is 0 Å². The molecule has 0 unspecified atom stereocenters. The van der Waals surface area contributed by atoms with E-state index in [0.29, 0.717) is 35.3 Å². The minimum Gasteiger partial charge on any atom is -0.361 e. The van der Waals surface area contributed by atoms with E-state index in [1.165, 1.54) is 17.1 Å². The van der Waals surface area contributed by atoms with Crippen LogP contribution in [-0.2, 0) is 12.2 Å². The molecule has 5 aromatic rings. The summed E-state index contributed by atoms with van der Waals surface area (Å²) < 4.78 is 2.66. The van der Waals surface area contributed by atoms with Gasteiger partial charge in [0.1, 0.15) is 0 Å². The fraction of sp³-hybridized carbons (Fsp3) is 0.192. The molecular formula is C26H24BrN7OS. The monoisotopic (exact) mass is 561 g/mol. The third-order valence-electron chi connectivity index (χ3n) is 5.70. The molecule has 5 rings (SSSR count). The number of amides is 1. The molecule has 0 radical (unpaired) electrons. The summed E-state index contributed by atoms with van der Waals surface area (Å²) in [6, 6.07) is 17.8. The van der Waals surface area contributed by atoms with Crippen LogP contribution in [-0.4, -0.2) is 42.4 Å². The lowest BCUT2D eigenvalue weighted by Crippen LogP contribution is -2.27. The first-order valence-electron chi connectivity index (χ1n) is 11.5. The maximum atomic E-state index is 13.2. The molecular weight excluding hydrogens is 538 g/mol. The van der Waals surface area contributed by atoms with Crippen molar-refractivity contribution < 1.29 is 4.79 Å². The van der Waals surface area contributed by atoms with E-state index in [1.54, 1.807) is 4.68 Å². The van der Waals surface area contributed by atoms with Crippen LogP contribution in [0.25, 0.3) is 16.6 Å². The fourth-order valence-electron chi connectivity index (χ4n) is 4.02.